The molecule has 1 aliphatic rings. The Bertz CT molecular complexity index is 399. The van der Waals surface area contributed by atoms with E-state index >= 15 is 0 Å². The van der Waals surface area contributed by atoms with Crippen molar-refractivity contribution in [3.63, 3.8) is 0 Å². The van der Waals surface area contributed by atoms with E-state index in [4.69, 9.17) is 9.15 Å². The van der Waals surface area contributed by atoms with Gasteiger partial charge in [0.1, 0.15) is 10.7 Å². The molecule has 0 spiro atoms. The highest BCUT2D eigenvalue weighted by molar-refractivity contribution is 5.17. The summed E-state index contributed by atoms with van der Waals surface area (Å²) < 4.78 is 10.8. The predicted octanol–water partition coefficient (Wildman–Crippen LogP) is 2.63. The average Bonchev–Trinajstić information content (AvgIpc) is 2.89. The Hall–Kier alpha value is -1.40. The Morgan fingerprint density at radius 2 is 2.16 bits per heavy atom. The van der Waals surface area contributed by atoms with Crippen LogP contribution < -0.4 is 5.32 Å². The summed E-state index contributed by atoms with van der Waals surface area (Å²) in [5, 5.41) is 13.6. The minimum atomic E-state index is -0.532. The van der Waals surface area contributed by atoms with E-state index in [-0.39, 0.29) is 5.88 Å². The van der Waals surface area contributed by atoms with Gasteiger partial charge in [-0.3, -0.25) is 10.1 Å². The summed E-state index contributed by atoms with van der Waals surface area (Å²) in [6.45, 7) is 1.89. The number of rotatable bonds is 7. The first kappa shape index (κ1) is 14.0. The first-order valence-electron chi connectivity index (χ1n) is 6.81. The summed E-state index contributed by atoms with van der Waals surface area (Å²) >= 11 is 0. The molecule has 0 bridgehead atoms. The molecule has 1 heterocycles. The lowest BCUT2D eigenvalue weighted by molar-refractivity contribution is -0.402. The number of nitrogens with zero attached hydrogens (tertiary/aromatic N) is 1. The maximum atomic E-state index is 10.4. The topological polar surface area (TPSA) is 77.5 Å². The van der Waals surface area contributed by atoms with Gasteiger partial charge in [0.05, 0.1) is 25.3 Å². The molecule has 0 amide bonds. The van der Waals surface area contributed by atoms with Crippen molar-refractivity contribution in [3.05, 3.63) is 28.0 Å². The van der Waals surface area contributed by atoms with Gasteiger partial charge in [-0.25, -0.2) is 0 Å². The Morgan fingerprint density at radius 1 is 1.37 bits per heavy atom. The van der Waals surface area contributed by atoms with Gasteiger partial charge in [0.15, 0.2) is 0 Å². The van der Waals surface area contributed by atoms with E-state index in [0.29, 0.717) is 25.0 Å². The zero-order valence-corrected chi connectivity index (χ0v) is 11.0. The zero-order valence-electron chi connectivity index (χ0n) is 11.0. The van der Waals surface area contributed by atoms with Gasteiger partial charge in [0.25, 0.3) is 0 Å². The lowest BCUT2D eigenvalue weighted by Crippen LogP contribution is -2.24. The van der Waals surface area contributed by atoms with Crippen LogP contribution in [-0.2, 0) is 11.3 Å². The van der Waals surface area contributed by atoms with Crippen molar-refractivity contribution >= 4 is 5.88 Å². The summed E-state index contributed by atoms with van der Waals surface area (Å²) in [4.78, 5) is 9.90. The van der Waals surface area contributed by atoms with Crippen molar-refractivity contribution in [2.45, 2.75) is 44.8 Å². The maximum Gasteiger partial charge on any atom is 0.433 e. The highest BCUT2D eigenvalue weighted by Gasteiger charge is 2.13. The molecule has 1 fully saturated rings. The van der Waals surface area contributed by atoms with Gasteiger partial charge < -0.3 is 14.5 Å². The second-order valence-electron chi connectivity index (χ2n) is 4.80. The molecule has 6 heteroatoms. The molecule has 1 N–H and O–H groups in total. The third-order valence-corrected chi connectivity index (χ3v) is 3.31. The molecular formula is C13H20N2O4. The quantitative estimate of drug-likeness (QED) is 0.467. The number of ether oxygens (including phenoxy) is 1. The third kappa shape index (κ3) is 4.65. The molecule has 1 aromatic rings. The third-order valence-electron chi connectivity index (χ3n) is 3.31. The maximum absolute atomic E-state index is 10.4. The van der Waals surface area contributed by atoms with Crippen molar-refractivity contribution in [1.82, 2.24) is 5.32 Å². The molecule has 106 valence electrons. The summed E-state index contributed by atoms with van der Waals surface area (Å²) in [7, 11) is 0. The van der Waals surface area contributed by atoms with Crippen LogP contribution in [0.15, 0.2) is 16.5 Å². The van der Waals surface area contributed by atoms with E-state index in [2.05, 4.69) is 5.32 Å². The molecule has 6 nitrogen and oxygen atoms in total. The fraction of sp³-hybridized carbons (Fsp3) is 0.692. The van der Waals surface area contributed by atoms with Gasteiger partial charge in [-0.1, -0.05) is 19.3 Å². The van der Waals surface area contributed by atoms with Crippen molar-refractivity contribution in [3.8, 4) is 0 Å². The van der Waals surface area contributed by atoms with Crippen LogP contribution in [0.5, 0.6) is 0 Å². The van der Waals surface area contributed by atoms with Crippen LogP contribution in [0.1, 0.15) is 37.9 Å². The molecule has 1 aliphatic carbocycles. The number of hydrogen-bond acceptors (Lipinski definition) is 5. The molecule has 0 radical (unpaired) electrons. The minimum absolute atomic E-state index is 0.213. The van der Waals surface area contributed by atoms with Crippen LogP contribution in [-0.4, -0.2) is 24.2 Å². The van der Waals surface area contributed by atoms with Crippen molar-refractivity contribution in [2.75, 3.05) is 13.2 Å². The van der Waals surface area contributed by atoms with Gasteiger partial charge in [0.2, 0.25) is 0 Å². The number of hydrogen-bond donors (Lipinski definition) is 1. The second kappa shape index (κ2) is 7.25. The van der Waals surface area contributed by atoms with Crippen molar-refractivity contribution < 1.29 is 14.1 Å². The molecule has 0 unspecified atom stereocenters. The standard InChI is InChI=1S/C13H20N2O4/c16-15(17)13-7-6-12(19-13)10-14-8-9-18-11-4-2-1-3-5-11/h6-7,11,14H,1-5,8-10H2. The summed E-state index contributed by atoms with van der Waals surface area (Å²) in [6.07, 6.45) is 6.63. The Balaban J connectivity index is 1.57. The first-order valence-corrected chi connectivity index (χ1v) is 6.81. The van der Waals surface area contributed by atoms with Gasteiger partial charge in [-0.05, 0) is 18.9 Å². The van der Waals surface area contributed by atoms with Crippen LogP contribution in [0, 0.1) is 10.1 Å². The number of nitrogens with one attached hydrogen (secondary N) is 1. The normalized spacial score (nSPS) is 16.6. The molecule has 0 atom stereocenters. The summed E-state index contributed by atoms with van der Waals surface area (Å²) in [5.41, 5.74) is 0. The van der Waals surface area contributed by atoms with Crippen LogP contribution in [0.25, 0.3) is 0 Å². The molecular weight excluding hydrogens is 248 g/mol. The fourth-order valence-electron chi connectivity index (χ4n) is 2.30. The summed E-state index contributed by atoms with van der Waals surface area (Å²) in [5.74, 6) is 0.361. The highest BCUT2D eigenvalue weighted by atomic mass is 16.6. The molecule has 0 aliphatic heterocycles. The second-order valence-corrected chi connectivity index (χ2v) is 4.80. The smallest absolute Gasteiger partial charge is 0.404 e. The van der Waals surface area contributed by atoms with Gasteiger partial charge >= 0.3 is 5.88 Å². The molecule has 0 saturated heterocycles. The van der Waals surface area contributed by atoms with Gasteiger partial charge in [-0.15, -0.1) is 0 Å². The Kier molecular flexibility index (Phi) is 5.35. The number of nitro groups is 1. The van der Waals surface area contributed by atoms with E-state index in [1.807, 2.05) is 0 Å². The Labute approximate surface area is 112 Å². The average molecular weight is 268 g/mol. The largest absolute Gasteiger partial charge is 0.433 e. The van der Waals surface area contributed by atoms with Crippen LogP contribution in [0.2, 0.25) is 0 Å². The van der Waals surface area contributed by atoms with E-state index in [1.54, 1.807) is 6.07 Å². The SMILES string of the molecule is O=[N+]([O-])c1ccc(CNCCOC2CCCCC2)o1. The monoisotopic (exact) mass is 268 g/mol. The van der Waals surface area contributed by atoms with E-state index < -0.39 is 4.92 Å². The van der Waals surface area contributed by atoms with Gasteiger partial charge in [0, 0.05) is 6.54 Å². The first-order chi connectivity index (χ1) is 9.25. The zero-order chi connectivity index (χ0) is 13.5. The lowest BCUT2D eigenvalue weighted by Gasteiger charge is -2.21. The summed E-state index contributed by atoms with van der Waals surface area (Å²) in [6, 6.07) is 2.99. The lowest BCUT2D eigenvalue weighted by atomic mass is 9.98. The molecule has 2 rings (SSSR count). The Morgan fingerprint density at radius 3 is 2.84 bits per heavy atom. The molecule has 1 saturated carbocycles. The fourth-order valence-corrected chi connectivity index (χ4v) is 2.30. The molecule has 1 aromatic heterocycles. The number of furan rings is 1. The van der Waals surface area contributed by atoms with Crippen LogP contribution >= 0.6 is 0 Å². The highest BCUT2D eigenvalue weighted by Crippen LogP contribution is 2.20. The predicted molar refractivity (Wildman–Crippen MR) is 69.9 cm³/mol. The van der Waals surface area contributed by atoms with E-state index in [9.17, 15) is 10.1 Å². The van der Waals surface area contributed by atoms with Crippen molar-refractivity contribution in [1.29, 1.82) is 0 Å². The van der Waals surface area contributed by atoms with Crippen molar-refractivity contribution in [2.24, 2.45) is 0 Å². The van der Waals surface area contributed by atoms with Gasteiger partial charge in [-0.2, -0.15) is 0 Å². The minimum Gasteiger partial charge on any atom is -0.404 e. The molecule has 19 heavy (non-hydrogen) atoms. The van der Waals surface area contributed by atoms with Crippen LogP contribution in [0.4, 0.5) is 5.88 Å². The molecule has 0 aromatic carbocycles. The van der Waals surface area contributed by atoms with Crippen LogP contribution in [0.3, 0.4) is 0 Å². The van der Waals surface area contributed by atoms with E-state index in [1.165, 1.54) is 38.2 Å². The van der Waals surface area contributed by atoms with E-state index in [0.717, 1.165) is 6.54 Å².